The predicted molar refractivity (Wildman–Crippen MR) is 62.0 cm³/mol. The van der Waals surface area contributed by atoms with E-state index in [0.29, 0.717) is 5.41 Å². The van der Waals surface area contributed by atoms with Gasteiger partial charge in [0.2, 0.25) is 0 Å². The molecule has 0 spiro atoms. The molecule has 0 aliphatic carbocycles. The Hall–Kier alpha value is 0. The second kappa shape index (κ2) is 6.45. The monoisotopic (exact) mass is 184 g/mol. The van der Waals surface area contributed by atoms with Crippen LogP contribution in [0.5, 0.6) is 0 Å². The highest BCUT2D eigenvalue weighted by atomic mass is 14.2. The molecule has 0 nitrogen and oxygen atoms in total. The van der Waals surface area contributed by atoms with E-state index < -0.39 is 0 Å². The van der Waals surface area contributed by atoms with Gasteiger partial charge in [-0.1, -0.05) is 60.3 Å². The van der Waals surface area contributed by atoms with E-state index in [1.165, 1.54) is 38.5 Å². The summed E-state index contributed by atoms with van der Waals surface area (Å²) in [4.78, 5) is 0. The Balaban J connectivity index is 3.50. The molecule has 0 aromatic carbocycles. The molecule has 0 aliphatic rings. The summed E-state index contributed by atoms with van der Waals surface area (Å²) < 4.78 is 0. The first-order chi connectivity index (χ1) is 6.02. The summed E-state index contributed by atoms with van der Waals surface area (Å²) in [6.45, 7) is 11.8. The zero-order chi connectivity index (χ0) is 10.3. The molecule has 0 saturated carbocycles. The van der Waals surface area contributed by atoms with Crippen molar-refractivity contribution in [1.82, 2.24) is 0 Å². The molecule has 1 unspecified atom stereocenters. The van der Waals surface area contributed by atoms with Crippen molar-refractivity contribution >= 4 is 0 Å². The highest BCUT2D eigenvalue weighted by Gasteiger charge is 2.15. The zero-order valence-corrected chi connectivity index (χ0v) is 10.3. The molecular weight excluding hydrogens is 156 g/mol. The summed E-state index contributed by atoms with van der Waals surface area (Å²) in [6, 6.07) is 0. The normalized spacial score (nSPS) is 14.5. The van der Waals surface area contributed by atoms with Crippen LogP contribution in [-0.4, -0.2) is 0 Å². The van der Waals surface area contributed by atoms with Crippen LogP contribution in [0.4, 0.5) is 0 Å². The van der Waals surface area contributed by atoms with E-state index in [1.807, 2.05) is 0 Å². The summed E-state index contributed by atoms with van der Waals surface area (Å²) in [7, 11) is 0. The van der Waals surface area contributed by atoms with Crippen LogP contribution in [0.15, 0.2) is 0 Å². The van der Waals surface area contributed by atoms with E-state index in [0.717, 1.165) is 5.92 Å². The van der Waals surface area contributed by atoms with Gasteiger partial charge in [-0.3, -0.25) is 0 Å². The summed E-state index contributed by atoms with van der Waals surface area (Å²) in [5, 5.41) is 0. The van der Waals surface area contributed by atoms with Gasteiger partial charge in [0, 0.05) is 0 Å². The highest BCUT2D eigenvalue weighted by molar-refractivity contribution is 4.68. The Bertz CT molecular complexity index is 113. The average molecular weight is 184 g/mol. The molecule has 0 heterocycles. The minimum absolute atomic E-state index is 0.586. The van der Waals surface area contributed by atoms with Gasteiger partial charge in [-0.15, -0.1) is 0 Å². The van der Waals surface area contributed by atoms with Crippen molar-refractivity contribution in [3.05, 3.63) is 0 Å². The Morgan fingerprint density at radius 1 is 1.08 bits per heavy atom. The van der Waals surface area contributed by atoms with Gasteiger partial charge in [0.25, 0.3) is 0 Å². The Kier molecular flexibility index (Phi) is 6.45. The third kappa shape index (κ3) is 7.10. The molecule has 0 aliphatic heterocycles. The lowest BCUT2D eigenvalue weighted by molar-refractivity contribution is 0.283. The Morgan fingerprint density at radius 3 is 2.15 bits per heavy atom. The molecule has 0 bridgehead atoms. The minimum atomic E-state index is 0.586. The van der Waals surface area contributed by atoms with Gasteiger partial charge in [-0.25, -0.2) is 0 Å². The van der Waals surface area contributed by atoms with E-state index in [9.17, 15) is 0 Å². The maximum Gasteiger partial charge on any atom is -0.0354 e. The third-order valence-corrected chi connectivity index (χ3v) is 3.17. The molecule has 0 rings (SSSR count). The lowest BCUT2D eigenvalue weighted by Gasteiger charge is -2.24. The van der Waals surface area contributed by atoms with Crippen molar-refractivity contribution in [3.8, 4) is 0 Å². The van der Waals surface area contributed by atoms with Crippen LogP contribution in [0.3, 0.4) is 0 Å². The van der Waals surface area contributed by atoms with Crippen LogP contribution in [0.1, 0.15) is 73.1 Å². The van der Waals surface area contributed by atoms with Gasteiger partial charge >= 0.3 is 0 Å². The van der Waals surface area contributed by atoms with E-state index in [2.05, 4.69) is 34.6 Å². The van der Waals surface area contributed by atoms with Gasteiger partial charge in [0.1, 0.15) is 0 Å². The molecule has 0 fully saturated rings. The number of hydrogen-bond acceptors (Lipinski definition) is 0. The van der Waals surface area contributed by atoms with Crippen molar-refractivity contribution in [2.75, 3.05) is 0 Å². The lowest BCUT2D eigenvalue weighted by atomic mass is 9.82. The summed E-state index contributed by atoms with van der Waals surface area (Å²) >= 11 is 0. The van der Waals surface area contributed by atoms with Crippen LogP contribution in [-0.2, 0) is 0 Å². The summed E-state index contributed by atoms with van der Waals surface area (Å²) in [5.74, 6) is 0.928. The fourth-order valence-corrected chi connectivity index (χ4v) is 1.93. The predicted octanol–water partition coefficient (Wildman–Crippen LogP) is 5.03. The van der Waals surface area contributed by atoms with Crippen molar-refractivity contribution in [3.63, 3.8) is 0 Å². The first kappa shape index (κ1) is 13.0. The lowest BCUT2D eigenvalue weighted by Crippen LogP contribution is -2.11. The molecule has 80 valence electrons. The van der Waals surface area contributed by atoms with Crippen LogP contribution >= 0.6 is 0 Å². The number of hydrogen-bond donors (Lipinski definition) is 0. The minimum Gasteiger partial charge on any atom is -0.0654 e. The Labute approximate surface area is 85.1 Å². The van der Waals surface area contributed by atoms with Crippen LogP contribution in [0.25, 0.3) is 0 Å². The highest BCUT2D eigenvalue weighted by Crippen LogP contribution is 2.29. The van der Waals surface area contributed by atoms with E-state index in [-0.39, 0.29) is 0 Å². The maximum absolute atomic E-state index is 2.41. The molecule has 0 aromatic rings. The summed E-state index contributed by atoms with van der Waals surface area (Å²) in [6.07, 6.45) is 8.30. The molecule has 0 N–H and O–H groups in total. The first-order valence-corrected chi connectivity index (χ1v) is 6.02. The fourth-order valence-electron chi connectivity index (χ4n) is 1.93. The zero-order valence-electron chi connectivity index (χ0n) is 10.3. The van der Waals surface area contributed by atoms with Gasteiger partial charge in [0.15, 0.2) is 0 Å². The second-order valence-electron chi connectivity index (χ2n) is 5.32. The first-order valence-electron chi connectivity index (χ1n) is 6.02. The van der Waals surface area contributed by atoms with Crippen LogP contribution in [0.2, 0.25) is 0 Å². The number of rotatable bonds is 7. The van der Waals surface area contributed by atoms with E-state index >= 15 is 0 Å². The second-order valence-corrected chi connectivity index (χ2v) is 5.32. The van der Waals surface area contributed by atoms with Crippen LogP contribution in [0, 0.1) is 11.3 Å². The molecule has 0 amide bonds. The van der Waals surface area contributed by atoms with Gasteiger partial charge in [0.05, 0.1) is 0 Å². The third-order valence-electron chi connectivity index (χ3n) is 3.17. The molecule has 13 heavy (non-hydrogen) atoms. The maximum atomic E-state index is 2.41. The van der Waals surface area contributed by atoms with Crippen molar-refractivity contribution in [2.24, 2.45) is 11.3 Å². The SMILES string of the molecule is CCCC(C)(C)CCCC(C)CC. The molecule has 0 aromatic heterocycles. The quantitative estimate of drug-likeness (QED) is 0.520. The van der Waals surface area contributed by atoms with Crippen molar-refractivity contribution in [2.45, 2.75) is 73.1 Å². The smallest absolute Gasteiger partial charge is 0.0354 e. The van der Waals surface area contributed by atoms with Gasteiger partial charge in [-0.05, 0) is 24.2 Å². The van der Waals surface area contributed by atoms with Gasteiger partial charge < -0.3 is 0 Å². The topological polar surface area (TPSA) is 0 Å². The average Bonchev–Trinajstić information content (AvgIpc) is 2.03. The molecule has 0 saturated heterocycles. The molecule has 0 radical (unpaired) electrons. The van der Waals surface area contributed by atoms with Crippen LogP contribution < -0.4 is 0 Å². The van der Waals surface area contributed by atoms with E-state index in [1.54, 1.807) is 0 Å². The molecular formula is C13H28. The van der Waals surface area contributed by atoms with Gasteiger partial charge in [-0.2, -0.15) is 0 Å². The largest absolute Gasteiger partial charge is 0.0654 e. The molecule has 1 atom stereocenters. The standard InChI is InChI=1S/C13H28/c1-6-10-13(4,5)11-8-9-12(3)7-2/h12H,6-11H2,1-5H3. The van der Waals surface area contributed by atoms with Crippen molar-refractivity contribution in [1.29, 1.82) is 0 Å². The Morgan fingerprint density at radius 2 is 1.69 bits per heavy atom. The van der Waals surface area contributed by atoms with Crippen molar-refractivity contribution < 1.29 is 0 Å². The fraction of sp³-hybridized carbons (Fsp3) is 1.00. The van der Waals surface area contributed by atoms with E-state index in [4.69, 9.17) is 0 Å². The summed E-state index contributed by atoms with van der Waals surface area (Å²) in [5.41, 5.74) is 0.586. The molecule has 0 heteroatoms.